The molecule has 1 aliphatic heterocycles. The van der Waals surface area contributed by atoms with E-state index in [1.54, 1.807) is 0 Å². The maximum Gasteiger partial charge on any atom is 0.0878 e. The minimum absolute atomic E-state index is 0.0358. The van der Waals surface area contributed by atoms with Crippen LogP contribution >= 0.6 is 34.0 Å². The van der Waals surface area contributed by atoms with Gasteiger partial charge in [0.1, 0.15) is 0 Å². The molecule has 1 saturated heterocycles. The van der Waals surface area contributed by atoms with Crippen molar-refractivity contribution in [1.29, 1.82) is 0 Å². The number of benzene rings is 7. The number of rotatable bonds is 4. The first-order valence-corrected chi connectivity index (χ1v) is 19.8. The molecule has 6 heteroatoms. The highest BCUT2D eigenvalue weighted by Crippen LogP contribution is 2.47. The van der Waals surface area contributed by atoms with Crippen LogP contribution in [0.5, 0.6) is 0 Å². The first kappa shape index (κ1) is 29.8. The Morgan fingerprint density at radius 3 is 1.63 bits per heavy atom. The molecule has 1 fully saturated rings. The molecule has 3 aromatic heterocycles. The Morgan fingerprint density at radius 1 is 0.333 bits per heavy atom. The van der Waals surface area contributed by atoms with Crippen molar-refractivity contribution in [2.45, 2.75) is 18.5 Å². The van der Waals surface area contributed by atoms with Gasteiger partial charge < -0.3 is 0 Å². The lowest BCUT2D eigenvalue weighted by molar-refractivity contribution is 0.204. The molecule has 3 N–H and O–H groups in total. The summed E-state index contributed by atoms with van der Waals surface area (Å²) in [5.74, 6) is 0. The Balaban J connectivity index is 1.05. The summed E-state index contributed by atoms with van der Waals surface area (Å²) in [6.07, 6.45) is -0.168. The fourth-order valence-electron chi connectivity index (χ4n) is 8.02. The van der Waals surface area contributed by atoms with Crippen LogP contribution in [0, 0.1) is 0 Å². The maximum absolute atomic E-state index is 4.00. The molecule has 244 valence electrons. The molecule has 3 nitrogen and oxygen atoms in total. The second-order valence-corrected chi connectivity index (χ2v) is 16.5. The van der Waals surface area contributed by atoms with Gasteiger partial charge >= 0.3 is 0 Å². The van der Waals surface area contributed by atoms with E-state index in [0.29, 0.717) is 0 Å². The second kappa shape index (κ2) is 11.8. The first-order chi connectivity index (χ1) is 25.3. The van der Waals surface area contributed by atoms with Crippen molar-refractivity contribution >= 4 is 94.5 Å². The summed E-state index contributed by atoms with van der Waals surface area (Å²) in [5.41, 5.74) is 6.35. The molecule has 3 unspecified atom stereocenters. The van der Waals surface area contributed by atoms with E-state index in [1.165, 1.54) is 88.3 Å². The van der Waals surface area contributed by atoms with E-state index < -0.39 is 0 Å². The number of fused-ring (bicyclic) bond motifs is 9. The third kappa shape index (κ3) is 4.80. The van der Waals surface area contributed by atoms with E-state index in [0.717, 1.165) is 0 Å². The highest BCUT2D eigenvalue weighted by molar-refractivity contribution is 7.27. The topological polar surface area (TPSA) is 36.1 Å². The summed E-state index contributed by atoms with van der Waals surface area (Å²) in [5, 5.41) is 19.8. The Morgan fingerprint density at radius 2 is 0.863 bits per heavy atom. The Kier molecular flexibility index (Phi) is 6.90. The van der Waals surface area contributed by atoms with Crippen molar-refractivity contribution in [3.8, 4) is 11.1 Å². The third-order valence-electron chi connectivity index (χ3n) is 10.4. The van der Waals surface area contributed by atoms with Crippen LogP contribution in [-0.2, 0) is 0 Å². The molecule has 0 bridgehead atoms. The number of hydrogen-bond donors (Lipinski definition) is 3. The fraction of sp³-hybridized carbons (Fsp3) is 0.0667. The molecular formula is C45H31N3S3. The lowest BCUT2D eigenvalue weighted by Crippen LogP contribution is -2.54. The first-order valence-electron chi connectivity index (χ1n) is 17.4. The number of hydrogen-bond acceptors (Lipinski definition) is 6. The highest BCUT2D eigenvalue weighted by Gasteiger charge is 2.31. The van der Waals surface area contributed by atoms with Gasteiger partial charge in [0, 0.05) is 77.2 Å². The molecule has 0 saturated carbocycles. The summed E-state index contributed by atoms with van der Waals surface area (Å²) in [6.45, 7) is 0. The largest absolute Gasteiger partial charge is 0.279 e. The Labute approximate surface area is 306 Å². The van der Waals surface area contributed by atoms with Gasteiger partial charge in [-0.15, -0.1) is 34.0 Å². The van der Waals surface area contributed by atoms with Crippen LogP contribution in [0.25, 0.3) is 71.6 Å². The molecule has 51 heavy (non-hydrogen) atoms. The molecule has 0 aliphatic carbocycles. The molecule has 0 spiro atoms. The summed E-state index contributed by atoms with van der Waals surface area (Å²) in [6, 6.07) is 55.7. The van der Waals surface area contributed by atoms with Crippen LogP contribution in [0.4, 0.5) is 0 Å². The molecule has 11 rings (SSSR count). The summed E-state index contributed by atoms with van der Waals surface area (Å²) < 4.78 is 8.00. The van der Waals surface area contributed by atoms with Gasteiger partial charge in [-0.3, -0.25) is 16.0 Å². The predicted octanol–water partition coefficient (Wildman–Crippen LogP) is 12.6. The molecule has 3 atom stereocenters. The van der Waals surface area contributed by atoms with Gasteiger partial charge in [-0.25, -0.2) is 0 Å². The highest BCUT2D eigenvalue weighted by atomic mass is 32.1. The molecule has 7 aromatic carbocycles. The molecule has 0 radical (unpaired) electrons. The maximum atomic E-state index is 4.00. The monoisotopic (exact) mass is 709 g/mol. The van der Waals surface area contributed by atoms with Crippen LogP contribution in [0.15, 0.2) is 152 Å². The van der Waals surface area contributed by atoms with Gasteiger partial charge in [-0.05, 0) is 29.3 Å². The van der Waals surface area contributed by atoms with Crippen molar-refractivity contribution in [3.63, 3.8) is 0 Å². The minimum atomic E-state index is -0.0780. The standard InChI is InChI=1S/C45H31N3S3/c1-2-11-26(12-3-1)43-46-44(27-23-24-30-28-13-4-6-21-37(28)49-39(30)25-27)48-45(47-43)36-20-10-19-35-34-18-9-17-33(41(34)51-42(35)36)32-16-8-15-31-29-14-5-7-22-38(29)50-40(31)32/h1-25,43-48H. The van der Waals surface area contributed by atoms with Crippen LogP contribution in [0.2, 0.25) is 0 Å². The van der Waals surface area contributed by atoms with E-state index in [2.05, 4.69) is 168 Å². The van der Waals surface area contributed by atoms with E-state index in [9.17, 15) is 0 Å². The van der Waals surface area contributed by atoms with Crippen LogP contribution in [0.3, 0.4) is 0 Å². The number of nitrogens with one attached hydrogen (secondary N) is 3. The zero-order valence-electron chi connectivity index (χ0n) is 27.4. The minimum Gasteiger partial charge on any atom is -0.279 e. The molecule has 1 aliphatic rings. The van der Waals surface area contributed by atoms with E-state index in [1.807, 2.05) is 34.0 Å². The summed E-state index contributed by atoms with van der Waals surface area (Å²) in [4.78, 5) is 0. The molecule has 4 heterocycles. The van der Waals surface area contributed by atoms with Gasteiger partial charge in [0.05, 0.1) is 18.5 Å². The van der Waals surface area contributed by atoms with E-state index >= 15 is 0 Å². The van der Waals surface area contributed by atoms with E-state index in [-0.39, 0.29) is 18.5 Å². The van der Waals surface area contributed by atoms with Crippen LogP contribution in [0.1, 0.15) is 35.2 Å². The lowest BCUT2D eigenvalue weighted by atomic mass is 9.99. The van der Waals surface area contributed by atoms with Gasteiger partial charge in [-0.2, -0.15) is 0 Å². The van der Waals surface area contributed by atoms with Crippen molar-refractivity contribution in [3.05, 3.63) is 168 Å². The van der Waals surface area contributed by atoms with Crippen LogP contribution in [-0.4, -0.2) is 0 Å². The second-order valence-electron chi connectivity index (χ2n) is 13.4. The zero-order chi connectivity index (χ0) is 33.5. The SMILES string of the molecule is c1ccc(C2NC(c3ccc4c(c3)sc3ccccc34)NC(c3cccc4c3sc3c(-c5cccc6c5sc5ccccc56)cccc34)N2)cc1. The predicted molar refractivity (Wildman–Crippen MR) is 221 cm³/mol. The number of thiophene rings is 3. The van der Waals surface area contributed by atoms with Gasteiger partial charge in [0.25, 0.3) is 0 Å². The average Bonchev–Trinajstić information content (AvgIpc) is 3.89. The third-order valence-corrected chi connectivity index (χ3v) is 14.1. The van der Waals surface area contributed by atoms with Crippen LogP contribution < -0.4 is 16.0 Å². The Hall–Kier alpha value is -4.92. The smallest absolute Gasteiger partial charge is 0.0878 e. The van der Waals surface area contributed by atoms with E-state index in [4.69, 9.17) is 0 Å². The van der Waals surface area contributed by atoms with Gasteiger partial charge in [-0.1, -0.05) is 133 Å². The average molecular weight is 710 g/mol. The molecule has 0 amide bonds. The summed E-state index contributed by atoms with van der Waals surface area (Å²) >= 11 is 5.69. The van der Waals surface area contributed by atoms with Crippen molar-refractivity contribution in [1.82, 2.24) is 16.0 Å². The van der Waals surface area contributed by atoms with Crippen molar-refractivity contribution in [2.75, 3.05) is 0 Å². The van der Waals surface area contributed by atoms with Crippen molar-refractivity contribution in [2.24, 2.45) is 0 Å². The van der Waals surface area contributed by atoms with Gasteiger partial charge in [0.15, 0.2) is 0 Å². The quantitative estimate of drug-likeness (QED) is 0.170. The zero-order valence-corrected chi connectivity index (χ0v) is 29.8. The fourth-order valence-corrected chi connectivity index (χ4v) is 11.8. The normalized spacial score (nSPS) is 18.2. The summed E-state index contributed by atoms with van der Waals surface area (Å²) in [7, 11) is 0. The molecular weight excluding hydrogens is 679 g/mol. The van der Waals surface area contributed by atoms with Gasteiger partial charge in [0.2, 0.25) is 0 Å². The Bertz CT molecular complexity index is 2940. The van der Waals surface area contributed by atoms with Crippen molar-refractivity contribution < 1.29 is 0 Å². The lowest BCUT2D eigenvalue weighted by Gasteiger charge is -2.39. The molecule has 10 aromatic rings.